The van der Waals surface area contributed by atoms with Gasteiger partial charge in [0.15, 0.2) is 0 Å². The number of ether oxygens (including phenoxy) is 1. The van der Waals surface area contributed by atoms with E-state index in [2.05, 4.69) is 5.32 Å². The molecule has 3 unspecified atom stereocenters. The second kappa shape index (κ2) is 5.83. The summed E-state index contributed by atoms with van der Waals surface area (Å²) in [5.41, 5.74) is 0. The third-order valence-corrected chi connectivity index (χ3v) is 3.90. The molecular formula is C12H23NO2. The fraction of sp³-hybridized carbons (Fsp3) is 1.00. The molecule has 0 aromatic rings. The minimum absolute atomic E-state index is 0.369. The minimum atomic E-state index is 0.369. The highest BCUT2D eigenvalue weighted by atomic mass is 16.5. The Morgan fingerprint density at radius 1 is 1.13 bits per heavy atom. The van der Waals surface area contributed by atoms with Crippen LogP contribution in [0, 0.1) is 11.8 Å². The van der Waals surface area contributed by atoms with Gasteiger partial charge in [0.05, 0.1) is 6.61 Å². The van der Waals surface area contributed by atoms with Crippen molar-refractivity contribution in [3.8, 4) is 0 Å². The lowest BCUT2D eigenvalue weighted by molar-refractivity contribution is 0.129. The molecular weight excluding hydrogens is 190 g/mol. The fourth-order valence-corrected chi connectivity index (χ4v) is 2.81. The van der Waals surface area contributed by atoms with Crippen LogP contribution in [0.1, 0.15) is 32.1 Å². The molecule has 2 rings (SSSR count). The zero-order valence-electron chi connectivity index (χ0n) is 9.45. The Bertz CT molecular complexity index is 180. The molecule has 1 heterocycles. The van der Waals surface area contributed by atoms with Crippen molar-refractivity contribution in [3.05, 3.63) is 0 Å². The number of hydrogen-bond acceptors (Lipinski definition) is 3. The Morgan fingerprint density at radius 2 is 1.93 bits per heavy atom. The van der Waals surface area contributed by atoms with Crippen molar-refractivity contribution in [2.24, 2.45) is 11.8 Å². The summed E-state index contributed by atoms with van der Waals surface area (Å²) in [6.45, 7) is 3.22. The van der Waals surface area contributed by atoms with Gasteiger partial charge in [-0.05, 0) is 37.6 Å². The molecule has 3 heteroatoms. The van der Waals surface area contributed by atoms with E-state index >= 15 is 0 Å². The van der Waals surface area contributed by atoms with Gasteiger partial charge in [0.2, 0.25) is 0 Å². The van der Waals surface area contributed by atoms with Crippen molar-refractivity contribution in [1.29, 1.82) is 0 Å². The van der Waals surface area contributed by atoms with Gasteiger partial charge in [0, 0.05) is 19.3 Å². The summed E-state index contributed by atoms with van der Waals surface area (Å²) in [6, 6.07) is 0.561. The second-order valence-corrected chi connectivity index (χ2v) is 4.96. The zero-order valence-corrected chi connectivity index (χ0v) is 9.45. The van der Waals surface area contributed by atoms with Crippen LogP contribution in [0.3, 0.4) is 0 Å². The van der Waals surface area contributed by atoms with Crippen LogP contribution in [0.5, 0.6) is 0 Å². The van der Waals surface area contributed by atoms with E-state index in [1.165, 1.54) is 25.7 Å². The summed E-state index contributed by atoms with van der Waals surface area (Å²) < 4.78 is 5.34. The lowest BCUT2D eigenvalue weighted by atomic mass is 9.79. The van der Waals surface area contributed by atoms with Gasteiger partial charge < -0.3 is 15.2 Å². The van der Waals surface area contributed by atoms with Gasteiger partial charge in [-0.15, -0.1) is 0 Å². The van der Waals surface area contributed by atoms with Gasteiger partial charge in [0.1, 0.15) is 0 Å². The predicted molar refractivity (Wildman–Crippen MR) is 59.8 cm³/mol. The summed E-state index contributed by atoms with van der Waals surface area (Å²) in [6.07, 6.45) is 6.28. The van der Waals surface area contributed by atoms with Crippen LogP contribution in [0.25, 0.3) is 0 Å². The topological polar surface area (TPSA) is 41.5 Å². The lowest BCUT2D eigenvalue weighted by Gasteiger charge is -2.31. The summed E-state index contributed by atoms with van der Waals surface area (Å²) >= 11 is 0. The molecule has 0 amide bonds. The zero-order chi connectivity index (χ0) is 10.5. The summed E-state index contributed by atoms with van der Waals surface area (Å²) in [5, 5.41) is 12.9. The largest absolute Gasteiger partial charge is 0.396 e. The van der Waals surface area contributed by atoms with E-state index in [1.807, 2.05) is 0 Å². The normalized spacial score (nSPS) is 37.0. The van der Waals surface area contributed by atoms with Crippen LogP contribution in [0.2, 0.25) is 0 Å². The van der Waals surface area contributed by atoms with Gasteiger partial charge in [-0.3, -0.25) is 0 Å². The third-order valence-electron chi connectivity index (χ3n) is 3.90. The average Bonchev–Trinajstić information content (AvgIpc) is 2.79. The van der Waals surface area contributed by atoms with Crippen molar-refractivity contribution in [3.63, 3.8) is 0 Å². The molecule has 1 saturated heterocycles. The van der Waals surface area contributed by atoms with Gasteiger partial charge >= 0.3 is 0 Å². The average molecular weight is 213 g/mol. The number of rotatable bonds is 4. The first-order chi connectivity index (χ1) is 7.40. The van der Waals surface area contributed by atoms with Crippen molar-refractivity contribution < 1.29 is 9.84 Å². The molecule has 1 aliphatic carbocycles. The lowest BCUT2D eigenvalue weighted by Crippen LogP contribution is -2.38. The van der Waals surface area contributed by atoms with E-state index in [0.29, 0.717) is 24.5 Å². The van der Waals surface area contributed by atoms with Gasteiger partial charge in [-0.2, -0.15) is 0 Å². The highest BCUT2D eigenvalue weighted by Crippen LogP contribution is 2.29. The van der Waals surface area contributed by atoms with Crippen LogP contribution in [-0.4, -0.2) is 37.5 Å². The Kier molecular flexibility index (Phi) is 4.42. The number of nitrogens with one attached hydrogen (secondary N) is 1. The second-order valence-electron chi connectivity index (χ2n) is 4.96. The maximum absolute atomic E-state index is 9.30. The number of aliphatic hydroxyl groups excluding tert-OH is 1. The molecule has 88 valence electrons. The van der Waals surface area contributed by atoms with E-state index < -0.39 is 0 Å². The van der Waals surface area contributed by atoms with E-state index in [4.69, 9.17) is 4.74 Å². The van der Waals surface area contributed by atoms with Crippen LogP contribution in [0.4, 0.5) is 0 Å². The van der Waals surface area contributed by atoms with E-state index in [0.717, 1.165) is 26.2 Å². The van der Waals surface area contributed by atoms with Crippen LogP contribution in [0.15, 0.2) is 0 Å². The first-order valence-electron chi connectivity index (χ1n) is 6.32. The highest BCUT2D eigenvalue weighted by molar-refractivity contribution is 4.79. The molecule has 0 spiro atoms. The Hall–Kier alpha value is -0.120. The standard InChI is InChI=1S/C12H23NO2/c14-8-11-4-2-1-3-10(11)7-13-12-5-6-15-9-12/h10-14H,1-9H2. The first kappa shape index (κ1) is 11.4. The van der Waals surface area contributed by atoms with Crippen LogP contribution in [-0.2, 0) is 4.74 Å². The van der Waals surface area contributed by atoms with Gasteiger partial charge in [-0.25, -0.2) is 0 Å². The molecule has 2 N–H and O–H groups in total. The molecule has 15 heavy (non-hydrogen) atoms. The molecule has 1 saturated carbocycles. The quantitative estimate of drug-likeness (QED) is 0.736. The Morgan fingerprint density at radius 3 is 2.60 bits per heavy atom. The molecule has 2 fully saturated rings. The van der Waals surface area contributed by atoms with Crippen molar-refractivity contribution in [1.82, 2.24) is 5.32 Å². The molecule has 0 bridgehead atoms. The molecule has 3 nitrogen and oxygen atoms in total. The summed E-state index contributed by atoms with van der Waals surface area (Å²) in [7, 11) is 0. The van der Waals surface area contributed by atoms with Gasteiger partial charge in [0.25, 0.3) is 0 Å². The van der Waals surface area contributed by atoms with Crippen molar-refractivity contribution in [2.45, 2.75) is 38.1 Å². The summed E-state index contributed by atoms with van der Waals surface area (Å²) in [4.78, 5) is 0. The van der Waals surface area contributed by atoms with Crippen molar-refractivity contribution in [2.75, 3.05) is 26.4 Å². The number of hydrogen-bond donors (Lipinski definition) is 2. The molecule has 0 aromatic heterocycles. The smallest absolute Gasteiger partial charge is 0.0620 e. The molecule has 0 radical (unpaired) electrons. The van der Waals surface area contributed by atoms with E-state index in [-0.39, 0.29) is 0 Å². The Balaban J connectivity index is 1.71. The minimum Gasteiger partial charge on any atom is -0.396 e. The molecule has 1 aliphatic heterocycles. The predicted octanol–water partition coefficient (Wildman–Crippen LogP) is 1.16. The van der Waals surface area contributed by atoms with Crippen LogP contribution < -0.4 is 5.32 Å². The first-order valence-corrected chi connectivity index (χ1v) is 6.32. The van der Waals surface area contributed by atoms with E-state index in [1.54, 1.807) is 0 Å². The molecule has 2 aliphatic rings. The maximum Gasteiger partial charge on any atom is 0.0620 e. The van der Waals surface area contributed by atoms with Crippen molar-refractivity contribution >= 4 is 0 Å². The maximum atomic E-state index is 9.30. The molecule has 0 aromatic carbocycles. The SMILES string of the molecule is OCC1CCCCC1CNC1CCOC1. The highest BCUT2D eigenvalue weighted by Gasteiger charge is 2.25. The molecule has 3 atom stereocenters. The number of aliphatic hydroxyl groups is 1. The Labute approximate surface area is 92.2 Å². The fourth-order valence-electron chi connectivity index (χ4n) is 2.81. The van der Waals surface area contributed by atoms with Gasteiger partial charge in [-0.1, -0.05) is 12.8 Å². The monoisotopic (exact) mass is 213 g/mol. The third kappa shape index (κ3) is 3.16. The summed E-state index contributed by atoms with van der Waals surface area (Å²) in [5.74, 6) is 1.22. The van der Waals surface area contributed by atoms with E-state index in [9.17, 15) is 5.11 Å². The van der Waals surface area contributed by atoms with Crippen LogP contribution >= 0.6 is 0 Å².